The second kappa shape index (κ2) is 3.67. The fourth-order valence-electron chi connectivity index (χ4n) is 9.70. The van der Waals surface area contributed by atoms with Crippen molar-refractivity contribution in [3.63, 3.8) is 0 Å². The highest BCUT2D eigenvalue weighted by atomic mass is 16.5. The van der Waals surface area contributed by atoms with Crippen LogP contribution >= 0.6 is 0 Å². The first-order valence-corrected chi connectivity index (χ1v) is 9.50. The lowest BCUT2D eigenvalue weighted by molar-refractivity contribution is -0.341. The van der Waals surface area contributed by atoms with Crippen molar-refractivity contribution >= 4 is 17.5 Å². The molecule has 0 aromatic rings. The van der Waals surface area contributed by atoms with Crippen LogP contribution in [0.2, 0.25) is 0 Å². The number of ketones is 2. The number of allylic oxidation sites excluding steroid dienone is 1. The average Bonchev–Trinajstić information content (AvgIpc) is 2.78. The predicted octanol–water partition coefficient (Wildman–Crippen LogP) is -0.483. The van der Waals surface area contributed by atoms with Crippen LogP contribution in [0.5, 0.6) is 0 Å². The molecule has 1 saturated heterocycles. The van der Waals surface area contributed by atoms with Crippen LogP contribution in [-0.4, -0.2) is 56.8 Å². The summed E-state index contributed by atoms with van der Waals surface area (Å²) in [7, 11) is 0. The van der Waals surface area contributed by atoms with Gasteiger partial charge in [0, 0.05) is 34.0 Å². The van der Waals surface area contributed by atoms with Crippen LogP contribution in [0.15, 0.2) is 11.6 Å². The molecular formula is C20H22O7. The molecule has 7 heteroatoms. The SMILES string of the molecule is CC1=CC(=O)[C@]2(O)[C@]3(O)C(=O)[C@H]4[C@@]5(CO)[C@H]6CC1(C3(C)[C@@H]5CC(=O)O6)[C@@]42C. The van der Waals surface area contributed by atoms with Gasteiger partial charge in [0.2, 0.25) is 0 Å². The largest absolute Gasteiger partial charge is 0.462 e. The van der Waals surface area contributed by atoms with E-state index in [9.17, 15) is 29.7 Å². The number of aliphatic hydroxyl groups is 3. The molecule has 1 heterocycles. The van der Waals surface area contributed by atoms with Gasteiger partial charge in [0.05, 0.1) is 6.61 Å². The number of carbonyl (C=O) groups is 3. The first-order chi connectivity index (χ1) is 12.5. The minimum atomic E-state index is -2.28. The molecule has 27 heavy (non-hydrogen) atoms. The van der Waals surface area contributed by atoms with Gasteiger partial charge < -0.3 is 20.1 Å². The van der Waals surface area contributed by atoms with E-state index in [0.717, 1.165) is 5.57 Å². The molecule has 7 rings (SSSR count). The average molecular weight is 374 g/mol. The van der Waals surface area contributed by atoms with Crippen molar-refractivity contribution in [3.05, 3.63) is 11.6 Å². The molecule has 0 aromatic carbocycles. The van der Waals surface area contributed by atoms with Crippen LogP contribution in [0, 0.1) is 33.5 Å². The fourth-order valence-corrected chi connectivity index (χ4v) is 9.70. The lowest BCUT2D eigenvalue weighted by Crippen LogP contribution is -2.84. The van der Waals surface area contributed by atoms with Gasteiger partial charge in [0.25, 0.3) is 0 Å². The number of rotatable bonds is 1. The summed E-state index contributed by atoms with van der Waals surface area (Å²) < 4.78 is 5.64. The maximum atomic E-state index is 13.6. The molecule has 7 nitrogen and oxygen atoms in total. The van der Waals surface area contributed by atoms with Crippen LogP contribution in [0.3, 0.4) is 0 Å². The molecule has 3 N–H and O–H groups in total. The van der Waals surface area contributed by atoms with E-state index < -0.39 is 74.9 Å². The Morgan fingerprint density at radius 2 is 1.81 bits per heavy atom. The Bertz CT molecular complexity index is 939. The number of Topliss-reactive ketones (excluding diaryl/α,β-unsaturated/α-hetero) is 1. The van der Waals surface area contributed by atoms with Crippen LogP contribution in [0.4, 0.5) is 0 Å². The highest BCUT2D eigenvalue weighted by Gasteiger charge is 3.05. The molecule has 0 radical (unpaired) electrons. The first-order valence-electron chi connectivity index (χ1n) is 9.50. The van der Waals surface area contributed by atoms with E-state index in [0.29, 0.717) is 0 Å². The monoisotopic (exact) mass is 374 g/mol. The number of carbonyl (C=O) groups excluding carboxylic acids is 3. The van der Waals surface area contributed by atoms with E-state index in [1.807, 2.05) is 0 Å². The van der Waals surface area contributed by atoms with Crippen LogP contribution < -0.4 is 0 Å². The Kier molecular flexibility index (Phi) is 2.23. The molecule has 2 unspecified atom stereocenters. The zero-order chi connectivity index (χ0) is 19.6. The summed E-state index contributed by atoms with van der Waals surface area (Å²) in [6, 6.07) is 0. The smallest absolute Gasteiger partial charge is 0.306 e. The summed E-state index contributed by atoms with van der Waals surface area (Å²) in [6.07, 6.45) is 0.928. The molecule has 144 valence electrons. The van der Waals surface area contributed by atoms with Gasteiger partial charge in [-0.3, -0.25) is 14.4 Å². The van der Waals surface area contributed by atoms with Crippen molar-refractivity contribution in [2.45, 2.75) is 50.9 Å². The molecule has 6 aliphatic carbocycles. The third-order valence-electron chi connectivity index (χ3n) is 10.3. The highest BCUT2D eigenvalue weighted by molar-refractivity contribution is 6.15. The molecular weight excluding hydrogens is 352 g/mol. The molecule has 1 aliphatic heterocycles. The number of aliphatic hydroxyl groups excluding tert-OH is 1. The van der Waals surface area contributed by atoms with Gasteiger partial charge in [0.1, 0.15) is 6.10 Å². The third kappa shape index (κ3) is 0.922. The van der Waals surface area contributed by atoms with E-state index in [2.05, 4.69) is 0 Å². The second-order valence-electron chi connectivity index (χ2n) is 9.93. The van der Waals surface area contributed by atoms with Gasteiger partial charge in [-0.15, -0.1) is 0 Å². The summed E-state index contributed by atoms with van der Waals surface area (Å²) >= 11 is 0. The van der Waals surface area contributed by atoms with Crippen molar-refractivity contribution < 1.29 is 34.4 Å². The summed E-state index contributed by atoms with van der Waals surface area (Å²) in [4.78, 5) is 39.0. The first kappa shape index (κ1) is 16.4. The molecule has 9 atom stereocenters. The minimum Gasteiger partial charge on any atom is -0.462 e. The molecule has 7 aliphatic rings. The highest BCUT2D eigenvalue weighted by Crippen LogP contribution is 2.95. The van der Waals surface area contributed by atoms with Gasteiger partial charge >= 0.3 is 5.97 Å². The minimum absolute atomic E-state index is 0.0466. The van der Waals surface area contributed by atoms with Crippen molar-refractivity contribution in [1.82, 2.24) is 0 Å². The summed E-state index contributed by atoms with van der Waals surface area (Å²) in [5, 5.41) is 34.2. The molecule has 6 fully saturated rings. The van der Waals surface area contributed by atoms with Crippen LogP contribution in [-0.2, 0) is 19.1 Å². The summed E-state index contributed by atoms with van der Waals surface area (Å²) in [5.41, 5.74) is -8.26. The van der Waals surface area contributed by atoms with Crippen molar-refractivity contribution in [2.24, 2.45) is 33.5 Å². The van der Waals surface area contributed by atoms with Gasteiger partial charge in [-0.25, -0.2) is 0 Å². The van der Waals surface area contributed by atoms with Gasteiger partial charge in [-0.1, -0.05) is 19.4 Å². The standard InChI is InChI=1S/C20H22O7/c1-8-4-10(22)19(25)16(3)13-14(24)20(19,26)15(2)9-5-12(23)27-11(6-18(8,15)16)17(9,13)7-21/h4,9,11,13,21,25-26H,5-7H2,1-3H3/t9-,11+,13+,15?,16+,17+,18?,19+,20-/m0/s1. The Morgan fingerprint density at radius 3 is 2.44 bits per heavy atom. The number of ether oxygens (including phenoxy) is 1. The van der Waals surface area contributed by atoms with Gasteiger partial charge in [-0.05, 0) is 25.3 Å². The number of hydrogen-bond donors (Lipinski definition) is 3. The Balaban J connectivity index is 1.85. The van der Waals surface area contributed by atoms with Crippen LogP contribution in [0.25, 0.3) is 0 Å². The van der Waals surface area contributed by atoms with E-state index in [1.165, 1.54) is 6.08 Å². The molecule has 1 spiro atoms. The predicted molar refractivity (Wildman–Crippen MR) is 87.9 cm³/mol. The Labute approximate surface area is 155 Å². The second-order valence-corrected chi connectivity index (χ2v) is 9.93. The molecule has 8 bridgehead atoms. The lowest BCUT2D eigenvalue weighted by Gasteiger charge is -2.78. The third-order valence-corrected chi connectivity index (χ3v) is 10.3. The summed E-state index contributed by atoms with van der Waals surface area (Å²) in [5.74, 6) is -3.17. The van der Waals surface area contributed by atoms with E-state index >= 15 is 0 Å². The number of esters is 1. The van der Waals surface area contributed by atoms with Crippen molar-refractivity contribution in [1.29, 1.82) is 0 Å². The zero-order valence-corrected chi connectivity index (χ0v) is 15.4. The maximum absolute atomic E-state index is 13.6. The molecule has 5 saturated carbocycles. The molecule has 0 aromatic heterocycles. The van der Waals surface area contributed by atoms with E-state index in [-0.39, 0.29) is 12.8 Å². The quantitative estimate of drug-likeness (QED) is 0.530. The number of hydrogen-bond acceptors (Lipinski definition) is 7. The van der Waals surface area contributed by atoms with Crippen LogP contribution in [0.1, 0.15) is 33.6 Å². The Hall–Kier alpha value is -1.57. The summed E-state index contributed by atoms with van der Waals surface area (Å²) in [6.45, 7) is 4.86. The normalized spacial score (nSPS) is 64.3. The maximum Gasteiger partial charge on any atom is 0.306 e. The van der Waals surface area contributed by atoms with Gasteiger partial charge in [-0.2, -0.15) is 0 Å². The van der Waals surface area contributed by atoms with E-state index in [1.54, 1.807) is 20.8 Å². The van der Waals surface area contributed by atoms with Crippen molar-refractivity contribution in [2.75, 3.05) is 6.61 Å². The lowest BCUT2D eigenvalue weighted by atomic mass is 9.24. The topological polar surface area (TPSA) is 121 Å². The van der Waals surface area contributed by atoms with E-state index in [4.69, 9.17) is 4.74 Å². The van der Waals surface area contributed by atoms with Crippen molar-refractivity contribution in [3.8, 4) is 0 Å². The zero-order valence-electron chi connectivity index (χ0n) is 15.4. The Morgan fingerprint density at radius 1 is 1.15 bits per heavy atom. The fraction of sp³-hybridized carbons (Fsp3) is 0.750. The van der Waals surface area contributed by atoms with Gasteiger partial charge in [0.15, 0.2) is 22.8 Å². The molecule has 0 amide bonds.